The normalized spacial score (nSPS) is 12.2. The molecule has 0 saturated carbocycles. The Labute approximate surface area is 199 Å². The standard InChI is InChI=1S/C23H29ClFN3O4S/c1-4-26-23(30)17(2)27(16-18-9-5-6-12-21(18)25)22(29)13-8-14-28(33(3,31)32)20-11-7-10-19(24)15-20/h5-7,9-12,15,17H,4,8,13-14,16H2,1-3H3,(H,26,30). The molecule has 10 heteroatoms. The largest absolute Gasteiger partial charge is 0.355 e. The molecule has 0 aliphatic rings. The molecule has 0 saturated heterocycles. The number of likely N-dealkylation sites (N-methyl/N-ethyl adjacent to an activating group) is 1. The molecule has 1 atom stereocenters. The summed E-state index contributed by atoms with van der Waals surface area (Å²) in [5, 5.41) is 3.07. The summed E-state index contributed by atoms with van der Waals surface area (Å²) in [4.78, 5) is 26.8. The molecule has 0 fully saturated rings. The molecule has 2 aromatic carbocycles. The molecule has 180 valence electrons. The molecule has 1 unspecified atom stereocenters. The molecule has 0 spiro atoms. The van der Waals surface area contributed by atoms with Crippen molar-refractivity contribution in [3.05, 3.63) is 64.9 Å². The average Bonchev–Trinajstić information content (AvgIpc) is 2.74. The Morgan fingerprint density at radius 1 is 1.15 bits per heavy atom. The average molecular weight is 498 g/mol. The van der Waals surface area contributed by atoms with Crippen molar-refractivity contribution in [2.24, 2.45) is 0 Å². The van der Waals surface area contributed by atoms with Crippen molar-refractivity contribution < 1.29 is 22.4 Å². The maximum atomic E-state index is 14.2. The summed E-state index contributed by atoms with van der Waals surface area (Å²) in [6.07, 6.45) is 1.26. The highest BCUT2D eigenvalue weighted by atomic mass is 35.5. The van der Waals surface area contributed by atoms with Crippen molar-refractivity contribution in [3.63, 3.8) is 0 Å². The van der Waals surface area contributed by atoms with Crippen LogP contribution >= 0.6 is 11.6 Å². The minimum Gasteiger partial charge on any atom is -0.355 e. The van der Waals surface area contributed by atoms with Gasteiger partial charge in [-0.2, -0.15) is 0 Å². The van der Waals surface area contributed by atoms with Gasteiger partial charge in [-0.3, -0.25) is 13.9 Å². The lowest BCUT2D eigenvalue weighted by molar-refractivity contribution is -0.140. The first-order valence-electron chi connectivity index (χ1n) is 10.6. The van der Waals surface area contributed by atoms with E-state index in [0.717, 1.165) is 6.26 Å². The highest BCUT2D eigenvalue weighted by molar-refractivity contribution is 7.92. The monoisotopic (exact) mass is 497 g/mol. The fraction of sp³-hybridized carbons (Fsp3) is 0.391. The van der Waals surface area contributed by atoms with Gasteiger partial charge in [-0.25, -0.2) is 12.8 Å². The molecule has 2 amide bonds. The van der Waals surface area contributed by atoms with Gasteiger partial charge in [0, 0.05) is 36.6 Å². The first-order chi connectivity index (χ1) is 15.5. The van der Waals surface area contributed by atoms with Crippen LogP contribution in [0.1, 0.15) is 32.3 Å². The van der Waals surface area contributed by atoms with Gasteiger partial charge >= 0.3 is 0 Å². The van der Waals surface area contributed by atoms with E-state index in [9.17, 15) is 22.4 Å². The second-order valence-corrected chi connectivity index (χ2v) is 9.95. The second kappa shape index (κ2) is 12.0. The number of sulfonamides is 1. The van der Waals surface area contributed by atoms with Crippen LogP contribution in [0.2, 0.25) is 5.02 Å². The number of carbonyl (C=O) groups excluding carboxylic acids is 2. The van der Waals surface area contributed by atoms with E-state index in [4.69, 9.17) is 11.6 Å². The molecule has 0 aliphatic carbocycles. The van der Waals surface area contributed by atoms with Gasteiger partial charge in [0.05, 0.1) is 11.9 Å². The zero-order chi connectivity index (χ0) is 24.6. The van der Waals surface area contributed by atoms with E-state index in [1.807, 2.05) is 0 Å². The van der Waals surface area contributed by atoms with E-state index in [1.54, 1.807) is 50.2 Å². The van der Waals surface area contributed by atoms with Gasteiger partial charge in [0.2, 0.25) is 21.8 Å². The molecular formula is C23H29ClFN3O4S. The Morgan fingerprint density at radius 3 is 2.45 bits per heavy atom. The fourth-order valence-corrected chi connectivity index (χ4v) is 4.49. The van der Waals surface area contributed by atoms with Crippen LogP contribution in [0.4, 0.5) is 10.1 Å². The van der Waals surface area contributed by atoms with E-state index >= 15 is 0 Å². The molecular weight excluding hydrogens is 469 g/mol. The third-order valence-corrected chi connectivity index (χ3v) is 6.49. The van der Waals surface area contributed by atoms with Gasteiger partial charge in [0.25, 0.3) is 0 Å². The smallest absolute Gasteiger partial charge is 0.242 e. The summed E-state index contributed by atoms with van der Waals surface area (Å²) < 4.78 is 40.0. The Hall–Kier alpha value is -2.65. The maximum absolute atomic E-state index is 14.2. The molecule has 1 N–H and O–H groups in total. The number of hydrogen-bond acceptors (Lipinski definition) is 4. The Balaban J connectivity index is 2.16. The number of nitrogens with one attached hydrogen (secondary N) is 1. The minimum absolute atomic E-state index is 0.0230. The van der Waals surface area contributed by atoms with E-state index in [0.29, 0.717) is 22.8 Å². The Morgan fingerprint density at radius 2 is 1.85 bits per heavy atom. The van der Waals surface area contributed by atoms with Crippen LogP contribution in [-0.4, -0.2) is 50.5 Å². The molecule has 2 aromatic rings. The second-order valence-electron chi connectivity index (χ2n) is 7.60. The Bertz CT molecular complexity index is 1080. The van der Waals surface area contributed by atoms with E-state index in [-0.39, 0.29) is 37.7 Å². The van der Waals surface area contributed by atoms with Crippen molar-refractivity contribution in [1.29, 1.82) is 0 Å². The highest BCUT2D eigenvalue weighted by Crippen LogP contribution is 2.22. The van der Waals surface area contributed by atoms with Crippen molar-refractivity contribution in [3.8, 4) is 0 Å². The molecule has 7 nitrogen and oxygen atoms in total. The molecule has 0 radical (unpaired) electrons. The van der Waals surface area contributed by atoms with Crippen LogP contribution in [0, 0.1) is 5.82 Å². The maximum Gasteiger partial charge on any atom is 0.242 e. The zero-order valence-corrected chi connectivity index (χ0v) is 20.5. The first-order valence-corrected chi connectivity index (χ1v) is 12.8. The molecule has 0 bridgehead atoms. The SMILES string of the molecule is CCNC(=O)C(C)N(Cc1ccccc1F)C(=O)CCCN(c1cccc(Cl)c1)S(C)(=O)=O. The first kappa shape index (κ1) is 26.6. The lowest BCUT2D eigenvalue weighted by atomic mass is 10.1. The molecule has 0 aromatic heterocycles. The number of rotatable bonds is 11. The predicted molar refractivity (Wildman–Crippen MR) is 128 cm³/mol. The summed E-state index contributed by atoms with van der Waals surface area (Å²) in [5.74, 6) is -1.20. The topological polar surface area (TPSA) is 86.8 Å². The van der Waals surface area contributed by atoms with Gasteiger partial charge in [-0.05, 0) is 44.5 Å². The van der Waals surface area contributed by atoms with Crippen LogP contribution in [0.15, 0.2) is 48.5 Å². The molecule has 0 heterocycles. The van der Waals surface area contributed by atoms with Crippen LogP contribution in [0.5, 0.6) is 0 Å². The van der Waals surface area contributed by atoms with Crippen LogP contribution in [0.25, 0.3) is 0 Å². The number of hydrogen-bond donors (Lipinski definition) is 1. The van der Waals surface area contributed by atoms with Gasteiger partial charge in [0.1, 0.15) is 11.9 Å². The third kappa shape index (κ3) is 7.71. The summed E-state index contributed by atoms with van der Waals surface area (Å²) in [5.41, 5.74) is 0.690. The van der Waals surface area contributed by atoms with Crippen molar-refractivity contribution in [1.82, 2.24) is 10.2 Å². The number of nitrogens with zero attached hydrogens (tertiary/aromatic N) is 2. The lowest BCUT2D eigenvalue weighted by Gasteiger charge is -2.29. The van der Waals surface area contributed by atoms with Crippen LogP contribution in [0.3, 0.4) is 0 Å². The minimum atomic E-state index is -3.61. The molecule has 2 rings (SSSR count). The predicted octanol–water partition coefficient (Wildman–Crippen LogP) is 3.58. The van der Waals surface area contributed by atoms with Gasteiger partial charge < -0.3 is 10.2 Å². The Kier molecular flexibility index (Phi) is 9.67. The fourth-order valence-electron chi connectivity index (χ4n) is 3.35. The quantitative estimate of drug-likeness (QED) is 0.514. The number of anilines is 1. The number of amides is 2. The van der Waals surface area contributed by atoms with Crippen molar-refractivity contribution in [2.45, 2.75) is 39.3 Å². The number of benzene rings is 2. The molecule has 0 aliphatic heterocycles. The molecule has 33 heavy (non-hydrogen) atoms. The summed E-state index contributed by atoms with van der Waals surface area (Å²) in [6, 6.07) is 11.7. The van der Waals surface area contributed by atoms with Gasteiger partial charge in [-0.15, -0.1) is 0 Å². The summed E-state index contributed by atoms with van der Waals surface area (Å²) in [7, 11) is -3.61. The van der Waals surface area contributed by atoms with Gasteiger partial charge in [0.15, 0.2) is 0 Å². The summed E-state index contributed by atoms with van der Waals surface area (Å²) >= 11 is 5.99. The third-order valence-electron chi connectivity index (χ3n) is 5.07. The highest BCUT2D eigenvalue weighted by Gasteiger charge is 2.27. The lowest BCUT2D eigenvalue weighted by Crippen LogP contribution is -2.47. The zero-order valence-electron chi connectivity index (χ0n) is 18.9. The van der Waals surface area contributed by atoms with E-state index in [1.165, 1.54) is 21.3 Å². The number of carbonyl (C=O) groups is 2. The van der Waals surface area contributed by atoms with Gasteiger partial charge in [-0.1, -0.05) is 35.9 Å². The van der Waals surface area contributed by atoms with Crippen LogP contribution < -0.4 is 9.62 Å². The summed E-state index contributed by atoms with van der Waals surface area (Å²) in [6.45, 7) is 3.72. The van der Waals surface area contributed by atoms with Crippen molar-refractivity contribution >= 4 is 39.1 Å². The van der Waals surface area contributed by atoms with E-state index < -0.39 is 21.9 Å². The van der Waals surface area contributed by atoms with E-state index in [2.05, 4.69) is 5.32 Å². The van der Waals surface area contributed by atoms with Crippen molar-refractivity contribution in [2.75, 3.05) is 23.7 Å². The number of halogens is 2. The van der Waals surface area contributed by atoms with Crippen LogP contribution in [-0.2, 0) is 26.2 Å².